The molecule has 266 valence electrons. The van der Waals surface area contributed by atoms with Gasteiger partial charge in [0, 0.05) is 1.43 Å². The van der Waals surface area contributed by atoms with Gasteiger partial charge in [-0.3, -0.25) is 54.3 Å². The largest absolute Gasteiger partial charge is 4.00 e. The molecule has 0 unspecified atom stereocenters. The molecule has 0 aromatic carbocycles. The Morgan fingerprint density at radius 1 is 0.341 bits per heavy atom. The fourth-order valence-electron chi connectivity index (χ4n) is 4.30. The van der Waals surface area contributed by atoms with E-state index in [0.29, 0.717) is 0 Å². The Bertz CT molecular complexity index is 292. The monoisotopic (exact) mass is 979 g/mol. The standard InChI is InChI=1S/C10H18.2C5H9.8CHO.4CH3.4Ru.H2/c1-2-6-9(5-1)10-7-3-4-8-10;2*1-2-4-5-3-1;8*1-2;;;;;;;;;/h9-10H,1-8H2;2*1H,2-5H2;8*1H;4*1H3;;;;;1H/q;14*-1;2*+3;2*+4;/i;;;;;;;;;;;;;;;;;;;1+1. The third-order valence-electron chi connectivity index (χ3n) is 5.60. The molecule has 44 heavy (non-hydrogen) atoms. The third-order valence-corrected chi connectivity index (χ3v) is 5.60. The fourth-order valence-corrected chi connectivity index (χ4v) is 4.30. The van der Waals surface area contributed by atoms with Crippen LogP contribution < -0.4 is 0 Å². The minimum Gasteiger partial charge on any atom is -0.545 e. The first-order chi connectivity index (χ1) is 18.0. The quantitative estimate of drug-likeness (QED) is 0.160. The summed E-state index contributed by atoms with van der Waals surface area (Å²) in [4.78, 5) is 62.0. The van der Waals surface area contributed by atoms with E-state index in [1.807, 2.05) is 0 Å². The first-order valence-corrected chi connectivity index (χ1v) is 11.5. The van der Waals surface area contributed by atoms with Crippen molar-refractivity contribution in [3.63, 3.8) is 0 Å². The number of rotatable bonds is 1. The molecule has 0 spiro atoms. The average molecular weight is 976 g/mol. The van der Waals surface area contributed by atoms with Crippen LogP contribution in [0, 0.1) is 54.4 Å². The van der Waals surface area contributed by atoms with Gasteiger partial charge < -0.3 is 80.9 Å². The van der Waals surface area contributed by atoms with Gasteiger partial charge in [0.1, 0.15) is 0 Å². The molecule has 0 saturated heterocycles. The molecular weight excluding hydrogens is 917 g/mol. The summed E-state index contributed by atoms with van der Waals surface area (Å²) in [5, 5.41) is 0. The zero-order valence-electron chi connectivity index (χ0n) is 26.9. The van der Waals surface area contributed by atoms with Crippen molar-refractivity contribution in [2.24, 2.45) is 11.8 Å². The summed E-state index contributed by atoms with van der Waals surface area (Å²) in [7, 11) is 0. The summed E-state index contributed by atoms with van der Waals surface area (Å²) in [6, 6.07) is 0. The molecule has 4 rings (SSSR count). The molecule has 4 fully saturated rings. The van der Waals surface area contributed by atoms with E-state index >= 15 is 0 Å². The third kappa shape index (κ3) is 90.0. The van der Waals surface area contributed by atoms with Gasteiger partial charge in [-0.05, 0) is 11.8 Å². The van der Waals surface area contributed by atoms with Gasteiger partial charge in [0.2, 0.25) is 0 Å². The summed E-state index contributed by atoms with van der Waals surface area (Å²) in [5.74, 6) is 2.31. The van der Waals surface area contributed by atoms with E-state index in [1.54, 1.807) is 25.7 Å². The number of carbonyl (C=O) groups excluding carboxylic acids is 8. The molecule has 0 atom stereocenters. The van der Waals surface area contributed by atoms with Crippen LogP contribution in [0.2, 0.25) is 0 Å². The molecule has 4 aliphatic rings. The summed E-state index contributed by atoms with van der Waals surface area (Å²) in [6.45, 7) is 26.0. The summed E-state index contributed by atoms with van der Waals surface area (Å²) in [6.07, 6.45) is 28.4. The van der Waals surface area contributed by atoms with Crippen molar-refractivity contribution < 1.29 is 118 Å². The first kappa shape index (κ1) is 96.7. The van der Waals surface area contributed by atoms with Crippen LogP contribution in [0.4, 0.5) is 0 Å². The van der Waals surface area contributed by atoms with Gasteiger partial charge in [0.15, 0.2) is 0 Å². The number of hydrogen-bond donors (Lipinski definition) is 0. The van der Waals surface area contributed by atoms with Gasteiger partial charge in [-0.15, -0.1) is 0 Å². The molecule has 0 bridgehead atoms. The Kier molecular flexibility index (Phi) is 290. The zero-order valence-corrected chi connectivity index (χ0v) is 33.9. The van der Waals surface area contributed by atoms with Crippen molar-refractivity contribution in [3.8, 4) is 0 Å². The topological polar surface area (TPSA) is 137 Å². The van der Waals surface area contributed by atoms with E-state index in [1.165, 1.54) is 77.0 Å². The first-order valence-electron chi connectivity index (χ1n) is 11.5. The normalized spacial score (nSPS) is 13.0. The van der Waals surface area contributed by atoms with Crippen molar-refractivity contribution in [1.29, 1.82) is 0 Å². The second-order valence-corrected chi connectivity index (χ2v) is 7.24. The van der Waals surface area contributed by atoms with Gasteiger partial charge >= 0.3 is 77.9 Å². The maximum absolute atomic E-state index is 7.75. The molecule has 0 N–H and O–H groups in total. The molecular formula is C32H58O8Ru4. The van der Waals surface area contributed by atoms with E-state index in [9.17, 15) is 0 Å². The molecule has 2 radical (unpaired) electrons. The van der Waals surface area contributed by atoms with E-state index < -0.39 is 0 Å². The molecule has 0 amide bonds. The van der Waals surface area contributed by atoms with Crippen LogP contribution in [0.5, 0.6) is 0 Å². The van der Waals surface area contributed by atoms with Gasteiger partial charge in [-0.25, -0.2) is 0 Å². The van der Waals surface area contributed by atoms with Crippen molar-refractivity contribution in [2.45, 2.75) is 103 Å². The predicted molar refractivity (Wildman–Crippen MR) is 171 cm³/mol. The molecule has 0 aliphatic heterocycles. The maximum Gasteiger partial charge on any atom is 4.00 e. The van der Waals surface area contributed by atoms with E-state index in [0.717, 1.165) is 11.8 Å². The maximum atomic E-state index is 7.75. The van der Waals surface area contributed by atoms with Crippen molar-refractivity contribution in [1.82, 2.24) is 0 Å². The minimum atomic E-state index is 0. The van der Waals surface area contributed by atoms with Crippen LogP contribution in [0.15, 0.2) is 0 Å². The Morgan fingerprint density at radius 3 is 0.568 bits per heavy atom. The van der Waals surface area contributed by atoms with Gasteiger partial charge in [0.25, 0.3) is 0 Å². The molecule has 4 aliphatic carbocycles. The van der Waals surface area contributed by atoms with Crippen LogP contribution in [0.25, 0.3) is 0 Å². The van der Waals surface area contributed by atoms with Crippen LogP contribution in [-0.2, 0) is 116 Å². The Morgan fingerprint density at radius 2 is 0.477 bits per heavy atom. The smallest absolute Gasteiger partial charge is 0.545 e. The van der Waals surface area contributed by atoms with Crippen LogP contribution in [0.3, 0.4) is 0 Å². The van der Waals surface area contributed by atoms with Crippen LogP contribution in [-0.4, -0.2) is 54.3 Å². The summed E-state index contributed by atoms with van der Waals surface area (Å²) >= 11 is 0. The van der Waals surface area contributed by atoms with Crippen molar-refractivity contribution in [3.05, 3.63) is 42.5 Å². The van der Waals surface area contributed by atoms with Gasteiger partial charge in [0.05, 0.1) is 0 Å². The fraction of sp³-hybridized carbons (Fsp3) is 0.562. The summed E-state index contributed by atoms with van der Waals surface area (Å²) < 4.78 is 0. The Hall–Kier alpha value is -0.146. The molecule has 0 aromatic heterocycles. The molecule has 0 aromatic rings. The summed E-state index contributed by atoms with van der Waals surface area (Å²) in [5.41, 5.74) is 0. The molecule has 4 saturated carbocycles. The molecule has 0 heterocycles. The number of hydrogen-bond acceptors (Lipinski definition) is 8. The van der Waals surface area contributed by atoms with E-state index in [2.05, 4.69) is 67.2 Å². The second kappa shape index (κ2) is 132. The van der Waals surface area contributed by atoms with Crippen LogP contribution in [0.1, 0.15) is 104 Å². The molecule has 12 heteroatoms. The van der Waals surface area contributed by atoms with Crippen molar-refractivity contribution >= 4 is 54.3 Å². The minimum absolute atomic E-state index is 0. The average Bonchev–Trinajstić information content (AvgIpc) is 3.87. The van der Waals surface area contributed by atoms with Crippen molar-refractivity contribution in [2.75, 3.05) is 0 Å². The van der Waals surface area contributed by atoms with Crippen LogP contribution >= 0.6 is 0 Å². The molecule has 8 nitrogen and oxygen atoms in total. The SMILES string of the molecule is C1CCC(C2CCCC2)C1.[2HH].[CH-]1CCCC1.[CH-]1CCCC1.[CH-]=O.[CH-]=O.[CH-]=O.[CH-]=O.[CH-]=O.[CH-]=O.[CH-]=O.[CH-]=O.[CH3-].[CH3-].[CH3-].[CH3-].[Ru+3].[Ru+3].[Ru+4].[Ru+4]. The van der Waals surface area contributed by atoms with E-state index in [-0.39, 0.29) is 109 Å². The van der Waals surface area contributed by atoms with E-state index in [4.69, 9.17) is 38.4 Å². The van der Waals surface area contributed by atoms with Gasteiger partial charge in [-0.1, -0.05) is 77.0 Å². The predicted octanol–water partition coefficient (Wildman–Crippen LogP) is 6.74. The Labute approximate surface area is 326 Å². The zero-order chi connectivity index (χ0) is 29.9. The van der Waals surface area contributed by atoms with Gasteiger partial charge in [-0.2, -0.15) is 25.7 Å². The Balaban J connectivity index is -0.0000000155. The second-order valence-electron chi connectivity index (χ2n) is 7.24.